The highest BCUT2D eigenvalue weighted by Gasteiger charge is 2.14. The van der Waals surface area contributed by atoms with Crippen molar-refractivity contribution in [3.05, 3.63) is 24.0 Å². The number of carbonyl (C=O) groups excluding carboxylic acids is 1. The minimum Gasteiger partial charge on any atom is -0.385 e. The lowest BCUT2D eigenvalue weighted by atomic mass is 10.0. The van der Waals surface area contributed by atoms with E-state index in [-0.39, 0.29) is 5.91 Å². The largest absolute Gasteiger partial charge is 0.385 e. The van der Waals surface area contributed by atoms with Gasteiger partial charge >= 0.3 is 0 Å². The molecule has 1 aromatic rings. The molecule has 2 N–H and O–H groups in total. The van der Waals surface area contributed by atoms with E-state index in [9.17, 15) is 4.79 Å². The maximum atomic E-state index is 11.7. The number of hydrogen-bond donors (Lipinski definition) is 2. The minimum absolute atomic E-state index is 0.109. The third kappa shape index (κ3) is 4.23. The molecule has 1 heterocycles. The second kappa shape index (κ2) is 7.12. The SMILES string of the molecule is CCNC(=O)c1cc(NCCC2CCCC2)ccn1. The van der Waals surface area contributed by atoms with Crippen LogP contribution >= 0.6 is 0 Å². The molecule has 0 aromatic carbocycles. The van der Waals surface area contributed by atoms with Crippen molar-refractivity contribution >= 4 is 11.6 Å². The number of pyridine rings is 1. The smallest absolute Gasteiger partial charge is 0.269 e. The number of carbonyl (C=O) groups is 1. The number of nitrogens with zero attached hydrogens (tertiary/aromatic N) is 1. The summed E-state index contributed by atoms with van der Waals surface area (Å²) in [7, 11) is 0. The van der Waals surface area contributed by atoms with Gasteiger partial charge < -0.3 is 10.6 Å². The Morgan fingerprint density at radius 3 is 2.95 bits per heavy atom. The van der Waals surface area contributed by atoms with Crippen molar-refractivity contribution in [2.24, 2.45) is 5.92 Å². The molecule has 4 nitrogen and oxygen atoms in total. The zero-order valence-electron chi connectivity index (χ0n) is 11.6. The number of rotatable bonds is 6. The van der Waals surface area contributed by atoms with E-state index in [4.69, 9.17) is 0 Å². The number of anilines is 1. The fraction of sp³-hybridized carbons (Fsp3) is 0.600. The highest BCUT2D eigenvalue weighted by atomic mass is 16.1. The van der Waals surface area contributed by atoms with Crippen molar-refractivity contribution in [3.63, 3.8) is 0 Å². The van der Waals surface area contributed by atoms with Gasteiger partial charge in [0.05, 0.1) is 0 Å². The lowest BCUT2D eigenvalue weighted by Gasteiger charge is -2.11. The van der Waals surface area contributed by atoms with E-state index in [1.54, 1.807) is 6.20 Å². The van der Waals surface area contributed by atoms with Crippen LogP contribution in [-0.2, 0) is 0 Å². The van der Waals surface area contributed by atoms with Gasteiger partial charge in [0.25, 0.3) is 5.91 Å². The maximum absolute atomic E-state index is 11.7. The predicted molar refractivity (Wildman–Crippen MR) is 77.3 cm³/mol. The monoisotopic (exact) mass is 261 g/mol. The molecule has 1 saturated carbocycles. The van der Waals surface area contributed by atoms with E-state index in [0.29, 0.717) is 12.2 Å². The Bertz CT molecular complexity index is 414. The Morgan fingerprint density at radius 2 is 2.21 bits per heavy atom. The molecule has 2 rings (SSSR count). The molecule has 1 aromatic heterocycles. The van der Waals surface area contributed by atoms with Crippen molar-refractivity contribution in [1.82, 2.24) is 10.3 Å². The molecule has 4 heteroatoms. The van der Waals surface area contributed by atoms with E-state index < -0.39 is 0 Å². The van der Waals surface area contributed by atoms with Crippen LogP contribution in [0.15, 0.2) is 18.3 Å². The van der Waals surface area contributed by atoms with Crippen LogP contribution in [0.2, 0.25) is 0 Å². The van der Waals surface area contributed by atoms with Gasteiger partial charge in [-0.15, -0.1) is 0 Å². The Morgan fingerprint density at radius 1 is 1.42 bits per heavy atom. The molecule has 1 fully saturated rings. The summed E-state index contributed by atoms with van der Waals surface area (Å²) in [5.74, 6) is 0.777. The summed E-state index contributed by atoms with van der Waals surface area (Å²) < 4.78 is 0. The Labute approximate surface area is 115 Å². The van der Waals surface area contributed by atoms with Gasteiger partial charge in [0.15, 0.2) is 0 Å². The number of aromatic nitrogens is 1. The van der Waals surface area contributed by atoms with Crippen LogP contribution in [0.1, 0.15) is 49.5 Å². The van der Waals surface area contributed by atoms with Crippen LogP contribution in [0.3, 0.4) is 0 Å². The lowest BCUT2D eigenvalue weighted by Crippen LogP contribution is -2.23. The summed E-state index contributed by atoms with van der Waals surface area (Å²) in [6.07, 6.45) is 8.44. The Kier molecular flexibility index (Phi) is 5.19. The topological polar surface area (TPSA) is 54.0 Å². The van der Waals surface area contributed by atoms with Crippen LogP contribution in [0.4, 0.5) is 5.69 Å². The average Bonchev–Trinajstić information content (AvgIpc) is 2.93. The summed E-state index contributed by atoms with van der Waals surface area (Å²) >= 11 is 0. The molecule has 19 heavy (non-hydrogen) atoms. The fourth-order valence-corrected chi connectivity index (χ4v) is 2.64. The molecule has 1 amide bonds. The van der Waals surface area contributed by atoms with Gasteiger partial charge in [-0.3, -0.25) is 9.78 Å². The molecule has 0 radical (unpaired) electrons. The molecular formula is C15H23N3O. The van der Waals surface area contributed by atoms with Crippen LogP contribution in [0, 0.1) is 5.92 Å². The zero-order valence-corrected chi connectivity index (χ0v) is 11.6. The van der Waals surface area contributed by atoms with Crippen LogP contribution in [0.5, 0.6) is 0 Å². The van der Waals surface area contributed by atoms with E-state index >= 15 is 0 Å². The first-order chi connectivity index (χ1) is 9.29. The molecule has 0 unspecified atom stereocenters. The first-order valence-corrected chi connectivity index (χ1v) is 7.27. The normalized spacial score (nSPS) is 15.4. The second-order valence-corrected chi connectivity index (χ2v) is 5.16. The number of amides is 1. The number of hydrogen-bond acceptors (Lipinski definition) is 3. The summed E-state index contributed by atoms with van der Waals surface area (Å²) in [4.78, 5) is 15.8. The second-order valence-electron chi connectivity index (χ2n) is 5.16. The van der Waals surface area contributed by atoms with Crippen molar-refractivity contribution < 1.29 is 4.79 Å². The molecular weight excluding hydrogens is 238 g/mol. The first kappa shape index (κ1) is 13.8. The third-order valence-electron chi connectivity index (χ3n) is 3.69. The summed E-state index contributed by atoms with van der Waals surface area (Å²) in [5.41, 5.74) is 1.46. The lowest BCUT2D eigenvalue weighted by molar-refractivity contribution is 0.0951. The van der Waals surface area contributed by atoms with E-state index in [1.165, 1.54) is 32.1 Å². The van der Waals surface area contributed by atoms with Gasteiger partial charge in [-0.2, -0.15) is 0 Å². The highest BCUT2D eigenvalue weighted by molar-refractivity contribution is 5.93. The molecule has 0 spiro atoms. The fourth-order valence-electron chi connectivity index (χ4n) is 2.64. The van der Waals surface area contributed by atoms with E-state index in [2.05, 4.69) is 15.6 Å². The molecule has 0 saturated heterocycles. The van der Waals surface area contributed by atoms with Gasteiger partial charge in [0, 0.05) is 25.0 Å². The minimum atomic E-state index is -0.109. The van der Waals surface area contributed by atoms with E-state index in [0.717, 1.165) is 18.2 Å². The summed E-state index contributed by atoms with van der Waals surface area (Å²) in [6.45, 7) is 3.50. The molecule has 104 valence electrons. The third-order valence-corrected chi connectivity index (χ3v) is 3.69. The Hall–Kier alpha value is -1.58. The van der Waals surface area contributed by atoms with Gasteiger partial charge in [0.1, 0.15) is 5.69 Å². The molecule has 1 aliphatic rings. The van der Waals surface area contributed by atoms with Crippen molar-refractivity contribution in [2.75, 3.05) is 18.4 Å². The van der Waals surface area contributed by atoms with Crippen molar-refractivity contribution in [3.8, 4) is 0 Å². The number of nitrogens with one attached hydrogen (secondary N) is 2. The molecule has 1 aliphatic carbocycles. The molecule has 0 bridgehead atoms. The van der Waals surface area contributed by atoms with Crippen LogP contribution < -0.4 is 10.6 Å². The van der Waals surface area contributed by atoms with Gasteiger partial charge in [0.2, 0.25) is 0 Å². The zero-order chi connectivity index (χ0) is 13.5. The van der Waals surface area contributed by atoms with Gasteiger partial charge in [-0.25, -0.2) is 0 Å². The summed E-state index contributed by atoms with van der Waals surface area (Å²) in [5, 5.41) is 6.15. The van der Waals surface area contributed by atoms with Gasteiger partial charge in [-0.1, -0.05) is 25.7 Å². The van der Waals surface area contributed by atoms with E-state index in [1.807, 2.05) is 19.1 Å². The van der Waals surface area contributed by atoms with Crippen molar-refractivity contribution in [2.45, 2.75) is 39.0 Å². The van der Waals surface area contributed by atoms with Gasteiger partial charge in [-0.05, 0) is 31.4 Å². The summed E-state index contributed by atoms with van der Waals surface area (Å²) in [6, 6.07) is 3.73. The van der Waals surface area contributed by atoms with Crippen LogP contribution in [-0.4, -0.2) is 24.0 Å². The first-order valence-electron chi connectivity index (χ1n) is 7.27. The molecule has 0 atom stereocenters. The standard InChI is InChI=1S/C15H23N3O/c1-2-16-15(19)14-11-13(8-10-18-14)17-9-7-12-5-3-4-6-12/h8,10-12H,2-7,9H2,1H3,(H,16,19)(H,17,18). The highest BCUT2D eigenvalue weighted by Crippen LogP contribution is 2.27. The average molecular weight is 261 g/mol. The Balaban J connectivity index is 1.82. The maximum Gasteiger partial charge on any atom is 0.269 e. The quantitative estimate of drug-likeness (QED) is 0.828. The molecule has 0 aliphatic heterocycles. The predicted octanol–water partition coefficient (Wildman–Crippen LogP) is 2.82. The van der Waals surface area contributed by atoms with Crippen molar-refractivity contribution in [1.29, 1.82) is 0 Å². The van der Waals surface area contributed by atoms with Crippen LogP contribution in [0.25, 0.3) is 0 Å².